The third-order valence-corrected chi connectivity index (χ3v) is 5.44. The number of methoxy groups -OCH3 is 1. The summed E-state index contributed by atoms with van der Waals surface area (Å²) >= 11 is 0. The summed E-state index contributed by atoms with van der Waals surface area (Å²) in [6.07, 6.45) is 2.33. The topological polar surface area (TPSA) is 76.7 Å². The van der Waals surface area contributed by atoms with Gasteiger partial charge in [-0.2, -0.15) is 0 Å². The summed E-state index contributed by atoms with van der Waals surface area (Å²) in [6, 6.07) is -0.967. The molecule has 0 aromatic carbocycles. The molecule has 1 fully saturated rings. The number of allylic oxidation sites excluding steroid dienone is 1. The second-order valence-corrected chi connectivity index (χ2v) is 7.61. The molecule has 2 N–H and O–H groups in total. The van der Waals surface area contributed by atoms with Gasteiger partial charge >= 0.3 is 12.0 Å². The maximum atomic E-state index is 12.6. The number of hydrogen-bond acceptors (Lipinski definition) is 4. The fourth-order valence-corrected chi connectivity index (χ4v) is 4.11. The number of esters is 1. The zero-order valence-electron chi connectivity index (χ0n) is 20.8. The fraction of sp³-hybridized carbons (Fsp3) is 0.400. The number of carbonyl (C=O) groups is 2. The van der Waals surface area contributed by atoms with Gasteiger partial charge in [-0.25, -0.2) is 9.59 Å². The van der Waals surface area contributed by atoms with E-state index in [2.05, 4.69) is 93.5 Å². The SMILES string of the molecule is CC#CC#CC#CC#CC#CC#CC#CC1CCCC(OCC)C1C1NC(=O)NC(C)=C1C(=O)OC. The molecule has 0 spiro atoms. The van der Waals surface area contributed by atoms with E-state index in [1.807, 2.05) is 6.92 Å². The molecule has 2 aliphatic rings. The highest BCUT2D eigenvalue weighted by Gasteiger charge is 2.45. The zero-order chi connectivity index (χ0) is 26.2. The van der Waals surface area contributed by atoms with Crippen LogP contribution in [0.15, 0.2) is 11.3 Å². The normalized spacial score (nSPS) is 21.3. The minimum absolute atomic E-state index is 0.151. The Morgan fingerprint density at radius 1 is 0.944 bits per heavy atom. The Kier molecular flexibility index (Phi) is 11.7. The standard InChI is InChI=1S/C30H26N2O4/c1-5-7-8-9-10-11-12-13-14-15-16-17-18-20-24-21-19-22-25(36-6-2)27(24)28-26(29(33)35-4)23(3)31-30(34)32-28/h24-25,27-28H,6,19,21-22H2,1-4H3,(H2,31,32,34). The van der Waals surface area contributed by atoms with Crippen LogP contribution in [0.4, 0.5) is 4.79 Å². The van der Waals surface area contributed by atoms with E-state index in [1.54, 1.807) is 13.8 Å². The molecule has 4 atom stereocenters. The minimum Gasteiger partial charge on any atom is -0.466 e. The van der Waals surface area contributed by atoms with Gasteiger partial charge in [0.15, 0.2) is 0 Å². The van der Waals surface area contributed by atoms with Crippen molar-refractivity contribution in [3.05, 3.63) is 11.3 Å². The van der Waals surface area contributed by atoms with Crippen LogP contribution in [-0.2, 0) is 14.3 Å². The van der Waals surface area contributed by atoms with Crippen LogP contribution in [0, 0.1) is 94.7 Å². The lowest BCUT2D eigenvalue weighted by molar-refractivity contribution is -0.137. The number of hydrogen-bond donors (Lipinski definition) is 2. The van der Waals surface area contributed by atoms with E-state index in [-0.39, 0.29) is 24.0 Å². The van der Waals surface area contributed by atoms with Gasteiger partial charge in [0.05, 0.1) is 24.8 Å². The van der Waals surface area contributed by atoms with Crippen molar-refractivity contribution >= 4 is 12.0 Å². The largest absolute Gasteiger partial charge is 0.466 e. The van der Waals surface area contributed by atoms with Crippen molar-refractivity contribution in [1.82, 2.24) is 10.6 Å². The molecule has 180 valence electrons. The summed E-state index contributed by atoms with van der Waals surface area (Å²) in [4.78, 5) is 24.9. The Morgan fingerprint density at radius 2 is 1.53 bits per heavy atom. The highest BCUT2D eigenvalue weighted by molar-refractivity contribution is 5.94. The maximum Gasteiger partial charge on any atom is 0.337 e. The molecule has 6 heteroatoms. The van der Waals surface area contributed by atoms with Gasteiger partial charge < -0.3 is 20.1 Å². The molecule has 0 saturated heterocycles. The van der Waals surface area contributed by atoms with Crippen molar-refractivity contribution in [1.29, 1.82) is 0 Å². The molecule has 2 rings (SSSR count). The number of urea groups is 1. The third kappa shape index (κ3) is 8.29. The van der Waals surface area contributed by atoms with Crippen LogP contribution in [0.25, 0.3) is 0 Å². The Hall–Kier alpha value is -4.64. The predicted octanol–water partition coefficient (Wildman–Crippen LogP) is 1.98. The first kappa shape index (κ1) is 27.6. The van der Waals surface area contributed by atoms with E-state index in [1.165, 1.54) is 7.11 Å². The molecule has 36 heavy (non-hydrogen) atoms. The van der Waals surface area contributed by atoms with Gasteiger partial charge in [0.2, 0.25) is 0 Å². The number of ether oxygens (including phenoxy) is 2. The van der Waals surface area contributed by atoms with Gasteiger partial charge in [0, 0.05) is 24.1 Å². The third-order valence-electron chi connectivity index (χ3n) is 5.44. The van der Waals surface area contributed by atoms with Crippen LogP contribution in [0.2, 0.25) is 0 Å². The summed E-state index contributed by atoms with van der Waals surface area (Å²) in [6.45, 7) is 5.81. The van der Waals surface area contributed by atoms with Crippen molar-refractivity contribution in [2.45, 2.75) is 52.2 Å². The Morgan fingerprint density at radius 3 is 2.08 bits per heavy atom. The van der Waals surface area contributed by atoms with E-state index in [0.717, 1.165) is 19.3 Å². The molecule has 1 aliphatic heterocycles. The van der Waals surface area contributed by atoms with Crippen LogP contribution < -0.4 is 10.6 Å². The van der Waals surface area contributed by atoms with Gasteiger partial charge in [0.1, 0.15) is 0 Å². The molecule has 1 saturated carbocycles. The minimum atomic E-state index is -0.592. The van der Waals surface area contributed by atoms with Gasteiger partial charge in [-0.05, 0) is 111 Å². The molecule has 1 aliphatic carbocycles. The average molecular weight is 479 g/mol. The van der Waals surface area contributed by atoms with Gasteiger partial charge in [-0.15, -0.1) is 0 Å². The van der Waals surface area contributed by atoms with Crippen molar-refractivity contribution < 1.29 is 19.1 Å². The zero-order valence-corrected chi connectivity index (χ0v) is 20.8. The Balaban J connectivity index is 2.24. The molecule has 0 bridgehead atoms. The van der Waals surface area contributed by atoms with Gasteiger partial charge in [0.25, 0.3) is 0 Å². The summed E-state index contributed by atoms with van der Waals surface area (Å²) in [5.74, 6) is 36.2. The molecule has 6 nitrogen and oxygen atoms in total. The number of nitrogens with one attached hydrogen (secondary N) is 2. The number of carbonyl (C=O) groups excluding carboxylic acids is 2. The first-order valence-electron chi connectivity index (χ1n) is 11.4. The monoisotopic (exact) mass is 478 g/mol. The Labute approximate surface area is 213 Å². The molecule has 0 aromatic heterocycles. The first-order chi connectivity index (χ1) is 17.5. The van der Waals surface area contributed by atoms with E-state index in [0.29, 0.717) is 17.9 Å². The van der Waals surface area contributed by atoms with Crippen molar-refractivity contribution in [3.8, 4) is 82.9 Å². The second kappa shape index (κ2) is 15.3. The predicted molar refractivity (Wildman–Crippen MR) is 137 cm³/mol. The van der Waals surface area contributed by atoms with Crippen molar-refractivity contribution in [3.63, 3.8) is 0 Å². The smallest absolute Gasteiger partial charge is 0.337 e. The van der Waals surface area contributed by atoms with Crippen LogP contribution >= 0.6 is 0 Å². The number of rotatable bonds is 4. The maximum absolute atomic E-state index is 12.6. The van der Waals surface area contributed by atoms with E-state index in [9.17, 15) is 9.59 Å². The van der Waals surface area contributed by atoms with Crippen LogP contribution in [0.1, 0.15) is 40.0 Å². The van der Waals surface area contributed by atoms with E-state index < -0.39 is 12.0 Å². The molecular formula is C30H26N2O4. The fourth-order valence-electron chi connectivity index (χ4n) is 4.11. The molecule has 1 heterocycles. The van der Waals surface area contributed by atoms with E-state index >= 15 is 0 Å². The average Bonchev–Trinajstić information content (AvgIpc) is 2.86. The van der Waals surface area contributed by atoms with Crippen molar-refractivity contribution in [2.24, 2.45) is 11.8 Å². The second-order valence-electron chi connectivity index (χ2n) is 7.61. The lowest BCUT2D eigenvalue weighted by Gasteiger charge is -2.42. The first-order valence-corrected chi connectivity index (χ1v) is 11.4. The van der Waals surface area contributed by atoms with Crippen LogP contribution in [0.5, 0.6) is 0 Å². The van der Waals surface area contributed by atoms with Crippen LogP contribution in [0.3, 0.4) is 0 Å². The lowest BCUT2D eigenvalue weighted by atomic mass is 9.71. The summed E-state index contributed by atoms with van der Waals surface area (Å²) in [5, 5.41) is 5.55. The molecular weight excluding hydrogens is 452 g/mol. The van der Waals surface area contributed by atoms with Crippen molar-refractivity contribution in [2.75, 3.05) is 13.7 Å². The highest BCUT2D eigenvalue weighted by Crippen LogP contribution is 2.38. The lowest BCUT2D eigenvalue weighted by Crippen LogP contribution is -2.57. The summed E-state index contributed by atoms with van der Waals surface area (Å²) < 4.78 is 11.0. The van der Waals surface area contributed by atoms with Gasteiger partial charge in [-0.3, -0.25) is 0 Å². The van der Waals surface area contributed by atoms with Crippen LogP contribution in [-0.4, -0.2) is 37.9 Å². The molecule has 0 aromatic rings. The number of amides is 2. The van der Waals surface area contributed by atoms with E-state index in [4.69, 9.17) is 9.47 Å². The summed E-state index contributed by atoms with van der Waals surface area (Å²) in [5.41, 5.74) is 0.842. The highest BCUT2D eigenvalue weighted by atomic mass is 16.5. The quantitative estimate of drug-likeness (QED) is 0.479. The molecule has 0 radical (unpaired) electrons. The molecule has 4 unspecified atom stereocenters. The summed E-state index contributed by atoms with van der Waals surface area (Å²) in [7, 11) is 1.32. The van der Waals surface area contributed by atoms with Gasteiger partial charge in [-0.1, -0.05) is 11.8 Å². The Bertz CT molecular complexity index is 1340. The molecule has 2 amide bonds.